The third-order valence-corrected chi connectivity index (χ3v) is 5.45. The number of hydrogen-bond donors (Lipinski definition) is 0. The molecule has 1 fully saturated rings. The molecule has 0 aromatic carbocycles. The Kier molecular flexibility index (Phi) is 5.80. The SMILES string of the molecule is CCc1nnsc1C(=O)N1CCCC(c2nccn2CCN(C)C)C1. The Morgan fingerprint density at radius 2 is 2.28 bits per heavy atom. The normalized spacial score (nSPS) is 18.1. The van der Waals surface area contributed by atoms with E-state index in [0.717, 1.165) is 57.0 Å². The van der Waals surface area contributed by atoms with Crippen molar-refractivity contribution in [3.63, 3.8) is 0 Å². The second-order valence-corrected chi connectivity index (χ2v) is 7.53. The maximum absolute atomic E-state index is 12.9. The van der Waals surface area contributed by atoms with E-state index in [0.29, 0.717) is 10.8 Å². The average Bonchev–Trinajstić information content (AvgIpc) is 3.28. The minimum atomic E-state index is 0.0722. The second-order valence-electron chi connectivity index (χ2n) is 6.77. The van der Waals surface area contributed by atoms with Gasteiger partial charge in [0.25, 0.3) is 5.91 Å². The minimum absolute atomic E-state index is 0.0722. The predicted molar refractivity (Wildman–Crippen MR) is 97.9 cm³/mol. The lowest BCUT2D eigenvalue weighted by molar-refractivity contribution is 0.0707. The topological polar surface area (TPSA) is 67.2 Å². The van der Waals surface area contributed by atoms with Gasteiger partial charge in [0.15, 0.2) is 0 Å². The van der Waals surface area contributed by atoms with Crippen LogP contribution in [0.1, 0.15) is 46.9 Å². The Bertz CT molecular complexity index is 710. The van der Waals surface area contributed by atoms with Gasteiger partial charge in [-0.1, -0.05) is 11.4 Å². The van der Waals surface area contributed by atoms with E-state index in [4.69, 9.17) is 0 Å². The highest BCUT2D eigenvalue weighted by Gasteiger charge is 2.30. The Balaban J connectivity index is 1.71. The number of likely N-dealkylation sites (tertiary alicyclic amines) is 1. The number of amides is 1. The van der Waals surface area contributed by atoms with Gasteiger partial charge in [-0.3, -0.25) is 4.79 Å². The van der Waals surface area contributed by atoms with Crippen LogP contribution in [0.25, 0.3) is 0 Å². The molecule has 0 aliphatic carbocycles. The first-order valence-corrected chi connectivity index (χ1v) is 9.63. The van der Waals surface area contributed by atoms with Crippen molar-refractivity contribution >= 4 is 17.4 Å². The monoisotopic (exact) mass is 362 g/mol. The summed E-state index contributed by atoms with van der Waals surface area (Å²) in [6, 6.07) is 0. The van der Waals surface area contributed by atoms with E-state index in [1.165, 1.54) is 11.5 Å². The highest BCUT2D eigenvalue weighted by atomic mass is 32.1. The molecule has 8 heteroatoms. The summed E-state index contributed by atoms with van der Waals surface area (Å²) in [7, 11) is 4.15. The number of carbonyl (C=O) groups is 1. The molecule has 1 saturated heterocycles. The van der Waals surface area contributed by atoms with Gasteiger partial charge in [-0.25, -0.2) is 4.98 Å². The van der Waals surface area contributed by atoms with E-state index < -0.39 is 0 Å². The Labute approximate surface area is 152 Å². The van der Waals surface area contributed by atoms with E-state index in [-0.39, 0.29) is 5.91 Å². The van der Waals surface area contributed by atoms with E-state index in [1.54, 1.807) is 0 Å². The first-order valence-electron chi connectivity index (χ1n) is 8.86. The van der Waals surface area contributed by atoms with Gasteiger partial charge in [0.05, 0.1) is 5.69 Å². The number of imidazole rings is 1. The summed E-state index contributed by atoms with van der Waals surface area (Å²) in [6.45, 7) is 5.43. The molecule has 3 heterocycles. The second kappa shape index (κ2) is 8.05. The Morgan fingerprint density at radius 1 is 1.44 bits per heavy atom. The molecule has 1 aliphatic heterocycles. The first kappa shape index (κ1) is 18.0. The van der Waals surface area contributed by atoms with Gasteiger partial charge in [0.2, 0.25) is 0 Å². The molecule has 136 valence electrons. The van der Waals surface area contributed by atoms with Crippen LogP contribution in [0.2, 0.25) is 0 Å². The molecule has 0 radical (unpaired) electrons. The van der Waals surface area contributed by atoms with Crippen molar-refractivity contribution in [1.82, 2.24) is 28.9 Å². The van der Waals surface area contributed by atoms with Crippen molar-refractivity contribution in [2.24, 2.45) is 0 Å². The molecule has 0 saturated carbocycles. The Hall–Kier alpha value is -1.80. The molecule has 1 amide bonds. The maximum Gasteiger partial charge on any atom is 0.267 e. The van der Waals surface area contributed by atoms with Crippen LogP contribution < -0.4 is 0 Å². The molecular weight excluding hydrogens is 336 g/mol. The van der Waals surface area contributed by atoms with Gasteiger partial charge in [0.1, 0.15) is 10.7 Å². The zero-order valence-electron chi connectivity index (χ0n) is 15.2. The van der Waals surface area contributed by atoms with Crippen LogP contribution in [0.5, 0.6) is 0 Å². The summed E-state index contributed by atoms with van der Waals surface area (Å²) in [5.74, 6) is 1.46. The smallest absolute Gasteiger partial charge is 0.267 e. The predicted octanol–water partition coefficient (Wildman–Crippen LogP) is 1.88. The van der Waals surface area contributed by atoms with Crippen molar-refractivity contribution in [3.05, 3.63) is 28.8 Å². The molecule has 0 N–H and O–H groups in total. The molecule has 0 bridgehead atoms. The largest absolute Gasteiger partial charge is 0.337 e. The van der Waals surface area contributed by atoms with E-state index >= 15 is 0 Å². The van der Waals surface area contributed by atoms with Gasteiger partial charge in [-0.2, -0.15) is 0 Å². The summed E-state index contributed by atoms with van der Waals surface area (Å²) < 4.78 is 6.18. The highest BCUT2D eigenvalue weighted by Crippen LogP contribution is 2.27. The van der Waals surface area contributed by atoms with Gasteiger partial charge >= 0.3 is 0 Å². The van der Waals surface area contributed by atoms with Crippen molar-refractivity contribution in [2.45, 2.75) is 38.6 Å². The first-order chi connectivity index (χ1) is 12.1. The maximum atomic E-state index is 12.9. The highest BCUT2D eigenvalue weighted by molar-refractivity contribution is 7.08. The van der Waals surface area contributed by atoms with Crippen molar-refractivity contribution in [3.8, 4) is 0 Å². The van der Waals surface area contributed by atoms with Gasteiger partial charge in [-0.15, -0.1) is 5.10 Å². The lowest BCUT2D eigenvalue weighted by Gasteiger charge is -2.32. The Morgan fingerprint density at radius 3 is 3.04 bits per heavy atom. The van der Waals surface area contributed by atoms with Crippen LogP contribution in [0.15, 0.2) is 12.4 Å². The van der Waals surface area contributed by atoms with Gasteiger partial charge in [-0.05, 0) is 44.9 Å². The summed E-state index contributed by atoms with van der Waals surface area (Å²) in [5, 5.41) is 4.07. The summed E-state index contributed by atoms with van der Waals surface area (Å²) in [4.78, 5) is 22.3. The number of likely N-dealkylation sites (N-methyl/N-ethyl adjacent to an activating group) is 1. The average molecular weight is 363 g/mol. The molecule has 2 aromatic rings. The minimum Gasteiger partial charge on any atom is -0.337 e. The molecule has 3 rings (SSSR count). The number of nitrogens with zero attached hydrogens (tertiary/aromatic N) is 6. The third-order valence-electron chi connectivity index (χ3n) is 4.69. The number of rotatable bonds is 6. The van der Waals surface area contributed by atoms with E-state index in [9.17, 15) is 4.79 Å². The van der Waals surface area contributed by atoms with Crippen LogP contribution in [0.3, 0.4) is 0 Å². The number of aromatic nitrogens is 4. The fraction of sp³-hybridized carbons (Fsp3) is 0.647. The summed E-state index contributed by atoms with van der Waals surface area (Å²) in [5.41, 5.74) is 0.810. The zero-order chi connectivity index (χ0) is 17.8. The number of aryl methyl sites for hydroxylation is 1. The van der Waals surface area contributed by atoms with Crippen molar-refractivity contribution < 1.29 is 4.79 Å². The van der Waals surface area contributed by atoms with Crippen molar-refractivity contribution in [1.29, 1.82) is 0 Å². The van der Waals surface area contributed by atoms with Gasteiger partial charge < -0.3 is 14.4 Å². The molecular formula is C17H26N6OS. The van der Waals surface area contributed by atoms with E-state index in [2.05, 4.69) is 38.1 Å². The number of carbonyl (C=O) groups excluding carboxylic acids is 1. The lowest BCUT2D eigenvalue weighted by Crippen LogP contribution is -2.40. The molecule has 25 heavy (non-hydrogen) atoms. The quantitative estimate of drug-likeness (QED) is 0.785. The van der Waals surface area contributed by atoms with Crippen LogP contribution in [0, 0.1) is 0 Å². The van der Waals surface area contributed by atoms with Crippen LogP contribution in [0.4, 0.5) is 0 Å². The van der Waals surface area contributed by atoms with Crippen molar-refractivity contribution in [2.75, 3.05) is 33.7 Å². The molecule has 2 aromatic heterocycles. The fourth-order valence-electron chi connectivity index (χ4n) is 3.30. The molecule has 0 spiro atoms. The summed E-state index contributed by atoms with van der Waals surface area (Å²) >= 11 is 1.21. The molecule has 7 nitrogen and oxygen atoms in total. The van der Waals surface area contributed by atoms with E-state index in [1.807, 2.05) is 24.2 Å². The third kappa shape index (κ3) is 4.07. The molecule has 1 aliphatic rings. The molecule has 1 atom stereocenters. The number of hydrogen-bond acceptors (Lipinski definition) is 6. The number of piperidine rings is 1. The van der Waals surface area contributed by atoms with Crippen LogP contribution in [-0.2, 0) is 13.0 Å². The zero-order valence-corrected chi connectivity index (χ0v) is 16.0. The van der Waals surface area contributed by atoms with Gasteiger partial charge in [0, 0.05) is 44.5 Å². The lowest BCUT2D eigenvalue weighted by atomic mass is 9.96. The van der Waals surface area contributed by atoms with Crippen LogP contribution >= 0.6 is 11.5 Å². The van der Waals surface area contributed by atoms with Crippen LogP contribution in [-0.4, -0.2) is 68.6 Å². The standard InChI is InChI=1S/C17H26N6OS/c1-4-14-15(25-20-19-14)17(24)23-8-5-6-13(12-23)16-18-7-9-22(16)11-10-21(2)3/h7,9,13H,4-6,8,10-12H2,1-3H3. The summed E-state index contributed by atoms with van der Waals surface area (Å²) in [6.07, 6.45) is 6.73. The fourth-order valence-corrected chi connectivity index (χ4v) is 4.01. The molecule has 1 unspecified atom stereocenters.